The number of rotatable bonds is 8. The third kappa shape index (κ3) is 6.90. The van der Waals surface area contributed by atoms with Crippen molar-refractivity contribution in [3.05, 3.63) is 93.6 Å². The number of fused-ring (bicyclic) bond motifs is 2. The summed E-state index contributed by atoms with van der Waals surface area (Å²) in [6, 6.07) is 11.8. The van der Waals surface area contributed by atoms with Crippen LogP contribution < -0.4 is 0 Å². The number of methoxy groups -OCH3 is 2. The van der Waals surface area contributed by atoms with Crippen LogP contribution >= 0.6 is 0 Å². The van der Waals surface area contributed by atoms with E-state index in [1.807, 2.05) is 12.2 Å². The van der Waals surface area contributed by atoms with Crippen LogP contribution in [-0.4, -0.2) is 37.4 Å². The summed E-state index contributed by atoms with van der Waals surface area (Å²) in [6.45, 7) is 21.0. The molecule has 2 fully saturated rings. The Morgan fingerprint density at radius 3 is 1.56 bits per heavy atom. The van der Waals surface area contributed by atoms with E-state index in [0.29, 0.717) is 0 Å². The van der Waals surface area contributed by atoms with Crippen molar-refractivity contribution in [1.82, 2.24) is 0 Å². The Hall–Kier alpha value is -3.02. The number of hydrogen-bond acceptors (Lipinski definition) is 5. The number of carbonyl (C=O) groups excluding carboxylic acids is 2. The number of benzene rings is 2. The largest absolute Gasteiger partial charge is 0.387 e. The second-order valence-electron chi connectivity index (χ2n) is 19.2. The van der Waals surface area contributed by atoms with Crippen molar-refractivity contribution in [3.8, 4) is 0 Å². The zero-order chi connectivity index (χ0) is 37.9. The Bertz CT molecular complexity index is 1770. The first-order valence-corrected chi connectivity index (χ1v) is 19.8. The second kappa shape index (κ2) is 13.7. The van der Waals surface area contributed by atoms with Crippen LogP contribution in [0.25, 0.3) is 0 Å². The molecule has 5 heteroatoms. The zero-order valence-electron chi connectivity index (χ0n) is 34.0. The molecule has 4 aliphatic rings. The average Bonchev–Trinajstić information content (AvgIpc) is 3.72. The van der Waals surface area contributed by atoms with Crippen LogP contribution in [-0.2, 0) is 45.5 Å². The molecule has 0 heterocycles. The Morgan fingerprint density at radius 1 is 0.596 bits per heavy atom. The zero-order valence-corrected chi connectivity index (χ0v) is 34.0. The lowest BCUT2D eigenvalue weighted by atomic mass is 9.62. The lowest BCUT2D eigenvalue weighted by Crippen LogP contribution is -2.36. The van der Waals surface area contributed by atoms with E-state index < -0.39 is 23.1 Å². The third-order valence-electron chi connectivity index (χ3n) is 14.2. The van der Waals surface area contributed by atoms with Crippen molar-refractivity contribution in [2.75, 3.05) is 14.2 Å². The topological polar surface area (TPSA) is 61.8 Å². The Morgan fingerprint density at radius 2 is 1.04 bits per heavy atom. The van der Waals surface area contributed by atoms with Gasteiger partial charge in [0.25, 0.3) is 0 Å². The molecule has 52 heavy (non-hydrogen) atoms. The molecule has 6 rings (SSSR count). The van der Waals surface area contributed by atoms with Gasteiger partial charge in [-0.25, -0.2) is 9.59 Å². The summed E-state index contributed by atoms with van der Waals surface area (Å²) >= 11 is 0. The molecule has 2 aromatic carbocycles. The van der Waals surface area contributed by atoms with Gasteiger partial charge in [-0.3, -0.25) is 0 Å². The highest BCUT2D eigenvalue weighted by Crippen LogP contribution is 2.53. The summed E-state index contributed by atoms with van der Waals surface area (Å²) < 4.78 is 17.8. The van der Waals surface area contributed by atoms with E-state index in [0.717, 1.165) is 51.4 Å². The first kappa shape index (κ1) is 38.7. The first-order valence-electron chi connectivity index (χ1n) is 19.8. The van der Waals surface area contributed by atoms with Gasteiger partial charge in [-0.1, -0.05) is 85.7 Å². The average molecular weight is 709 g/mol. The Labute approximate surface area is 314 Å². The molecule has 0 aliphatic heterocycles. The van der Waals surface area contributed by atoms with Crippen LogP contribution in [0.15, 0.2) is 54.6 Å². The normalized spacial score (nSPS) is 30.0. The highest BCUT2D eigenvalue weighted by molar-refractivity contribution is 5.96. The van der Waals surface area contributed by atoms with Crippen molar-refractivity contribution >= 4 is 11.9 Å². The Balaban J connectivity index is 1.18. The number of aryl methyl sites for hydroxylation is 1. The highest BCUT2D eigenvalue weighted by atomic mass is 16.6. The second-order valence-corrected chi connectivity index (χ2v) is 19.2. The van der Waals surface area contributed by atoms with Crippen molar-refractivity contribution in [3.63, 3.8) is 0 Å². The number of esters is 2. The van der Waals surface area contributed by atoms with E-state index in [9.17, 15) is 9.59 Å². The maximum atomic E-state index is 13.2. The minimum atomic E-state index is -0.685. The molecule has 5 nitrogen and oxygen atoms in total. The maximum Gasteiger partial charge on any atom is 0.338 e. The predicted molar refractivity (Wildman–Crippen MR) is 210 cm³/mol. The lowest BCUT2D eigenvalue weighted by Gasteiger charge is -2.43. The maximum absolute atomic E-state index is 13.2. The summed E-state index contributed by atoms with van der Waals surface area (Å²) in [5.41, 5.74) is 8.76. The highest BCUT2D eigenvalue weighted by Gasteiger charge is 2.46. The van der Waals surface area contributed by atoms with Crippen LogP contribution in [0.4, 0.5) is 0 Å². The van der Waals surface area contributed by atoms with Gasteiger partial charge in [-0.2, -0.15) is 0 Å². The van der Waals surface area contributed by atoms with E-state index in [2.05, 4.69) is 92.6 Å². The summed E-state index contributed by atoms with van der Waals surface area (Å²) in [5, 5.41) is 0. The molecular formula is C47H64O5. The molecule has 0 amide bonds. The molecule has 0 spiro atoms. The van der Waals surface area contributed by atoms with Crippen LogP contribution in [0.5, 0.6) is 0 Å². The van der Waals surface area contributed by atoms with Crippen LogP contribution in [0.1, 0.15) is 170 Å². The molecule has 0 saturated heterocycles. The van der Waals surface area contributed by atoms with Gasteiger partial charge in [0, 0.05) is 38.2 Å². The molecule has 4 unspecified atom stereocenters. The van der Waals surface area contributed by atoms with Crippen LogP contribution in [0, 0.1) is 6.92 Å². The van der Waals surface area contributed by atoms with Crippen molar-refractivity contribution < 1.29 is 23.8 Å². The van der Waals surface area contributed by atoms with Gasteiger partial charge < -0.3 is 14.2 Å². The summed E-state index contributed by atoms with van der Waals surface area (Å²) in [7, 11) is 3.46. The van der Waals surface area contributed by atoms with Gasteiger partial charge in [-0.15, -0.1) is 0 Å². The van der Waals surface area contributed by atoms with E-state index in [1.54, 1.807) is 14.2 Å². The molecule has 282 valence electrons. The quantitative estimate of drug-likeness (QED) is 0.155. The SMILES string of the molecule is COC1(C=CC(=O)OC(=O)C=CC2(OC)CCCC2c2cc3c(cc2C)C(C)(C)CCC3(C)C)CCCC1c1ccc2c(c1)C(C)(C)CCC2(C)C. The fourth-order valence-corrected chi connectivity index (χ4v) is 10.4. The van der Waals surface area contributed by atoms with E-state index in [-0.39, 0.29) is 33.5 Å². The van der Waals surface area contributed by atoms with Crippen LogP contribution in [0.2, 0.25) is 0 Å². The minimum Gasteiger partial charge on any atom is -0.387 e. The third-order valence-corrected chi connectivity index (χ3v) is 14.2. The molecule has 0 radical (unpaired) electrons. The molecule has 0 bridgehead atoms. The van der Waals surface area contributed by atoms with Gasteiger partial charge in [0.05, 0.1) is 11.2 Å². The van der Waals surface area contributed by atoms with E-state index >= 15 is 0 Å². The first-order chi connectivity index (χ1) is 24.3. The monoisotopic (exact) mass is 708 g/mol. The van der Waals surface area contributed by atoms with E-state index in [4.69, 9.17) is 14.2 Å². The van der Waals surface area contributed by atoms with Crippen molar-refractivity contribution in [2.45, 2.75) is 171 Å². The van der Waals surface area contributed by atoms with Gasteiger partial charge in [0.1, 0.15) is 0 Å². The molecule has 2 saturated carbocycles. The van der Waals surface area contributed by atoms with Crippen LogP contribution in [0.3, 0.4) is 0 Å². The number of carbonyl (C=O) groups is 2. The van der Waals surface area contributed by atoms with Gasteiger partial charge in [0.15, 0.2) is 0 Å². The molecule has 0 aromatic heterocycles. The minimum absolute atomic E-state index is 0.101. The summed E-state index contributed by atoms with van der Waals surface area (Å²) in [4.78, 5) is 26.3. The van der Waals surface area contributed by atoms with Crippen molar-refractivity contribution in [2.24, 2.45) is 0 Å². The fourth-order valence-electron chi connectivity index (χ4n) is 10.4. The van der Waals surface area contributed by atoms with Crippen molar-refractivity contribution in [1.29, 1.82) is 0 Å². The summed E-state index contributed by atoms with van der Waals surface area (Å²) in [6.07, 6.45) is 16.7. The number of hydrogen-bond donors (Lipinski definition) is 0. The smallest absolute Gasteiger partial charge is 0.338 e. The fraction of sp³-hybridized carbons (Fsp3) is 0.617. The number of ether oxygens (including phenoxy) is 3. The molecular weight excluding hydrogens is 645 g/mol. The molecule has 0 N–H and O–H groups in total. The molecule has 4 atom stereocenters. The lowest BCUT2D eigenvalue weighted by molar-refractivity contribution is -0.152. The molecule has 4 aliphatic carbocycles. The van der Waals surface area contributed by atoms with Gasteiger partial charge in [0.2, 0.25) is 0 Å². The predicted octanol–water partition coefficient (Wildman–Crippen LogP) is 10.9. The standard InChI is InChI=1S/C47H64O5/c1-31-28-37-39(45(8,9)27-26-43(37,4)5)30-33(31)35-15-13-21-47(35,51-11)23-19-41(49)52-40(48)18-22-46(50-10)20-12-14-34(46)32-16-17-36-38(29-32)44(6,7)25-24-42(36,2)3/h16-19,22-23,28-30,34-35H,12-15,20-21,24-27H2,1-11H3. The Kier molecular flexibility index (Phi) is 10.2. The summed E-state index contributed by atoms with van der Waals surface area (Å²) in [5.74, 6) is -1.16. The van der Waals surface area contributed by atoms with E-state index in [1.165, 1.54) is 63.9 Å². The van der Waals surface area contributed by atoms with Gasteiger partial charge >= 0.3 is 11.9 Å². The molecule has 2 aromatic rings. The van der Waals surface area contributed by atoms with Gasteiger partial charge in [-0.05, 0) is 144 Å².